The molecule has 0 aliphatic heterocycles. The van der Waals surface area contributed by atoms with Crippen molar-refractivity contribution in [3.8, 4) is 5.95 Å². The van der Waals surface area contributed by atoms with Gasteiger partial charge in [-0.05, 0) is 44.9 Å². The third-order valence-corrected chi connectivity index (χ3v) is 4.83. The summed E-state index contributed by atoms with van der Waals surface area (Å²) in [6.45, 7) is 8.69. The second-order valence-electron chi connectivity index (χ2n) is 7.17. The molecule has 0 saturated heterocycles. The molecule has 3 rings (SSSR count). The molecule has 2 heterocycles. The summed E-state index contributed by atoms with van der Waals surface area (Å²) in [5.74, 6) is 0.479. The topological polar surface area (TPSA) is 81.9 Å². The number of nitrogens with zero attached hydrogens (tertiary/aromatic N) is 4. The standard InChI is InChI=1S/C22H27N5O2/c1-14-10-15(2)25-22(24-14)27-17(4)20(16(3)26-27)11-21(28)23-12-18-8-6-7-9-19(18)13-29-5/h6-10H,11-13H2,1-5H3,(H,23,28). The first-order valence-corrected chi connectivity index (χ1v) is 9.59. The molecule has 29 heavy (non-hydrogen) atoms. The average molecular weight is 393 g/mol. The van der Waals surface area contributed by atoms with Crippen LogP contribution in [0.3, 0.4) is 0 Å². The zero-order chi connectivity index (χ0) is 21.0. The van der Waals surface area contributed by atoms with Gasteiger partial charge in [-0.25, -0.2) is 14.6 Å². The van der Waals surface area contributed by atoms with Gasteiger partial charge in [0.2, 0.25) is 5.91 Å². The highest BCUT2D eigenvalue weighted by Crippen LogP contribution is 2.17. The maximum Gasteiger partial charge on any atom is 0.251 e. The summed E-state index contributed by atoms with van der Waals surface area (Å²) < 4.78 is 6.94. The van der Waals surface area contributed by atoms with Gasteiger partial charge in [0.25, 0.3) is 5.95 Å². The molecule has 2 aromatic heterocycles. The van der Waals surface area contributed by atoms with Gasteiger partial charge >= 0.3 is 0 Å². The molecular weight excluding hydrogens is 366 g/mol. The lowest BCUT2D eigenvalue weighted by Gasteiger charge is -2.10. The second-order valence-corrected chi connectivity index (χ2v) is 7.17. The van der Waals surface area contributed by atoms with Crippen LogP contribution >= 0.6 is 0 Å². The van der Waals surface area contributed by atoms with E-state index < -0.39 is 0 Å². The van der Waals surface area contributed by atoms with Crippen LogP contribution in [0.4, 0.5) is 0 Å². The highest BCUT2D eigenvalue weighted by molar-refractivity contribution is 5.79. The minimum absolute atomic E-state index is 0.0516. The van der Waals surface area contributed by atoms with Crippen molar-refractivity contribution >= 4 is 5.91 Å². The predicted octanol–water partition coefficient (Wildman–Crippen LogP) is 2.90. The van der Waals surface area contributed by atoms with Gasteiger partial charge in [-0.15, -0.1) is 0 Å². The van der Waals surface area contributed by atoms with Crippen LogP contribution in [0, 0.1) is 27.7 Å². The lowest BCUT2D eigenvalue weighted by atomic mass is 10.1. The molecule has 0 bridgehead atoms. The number of hydrogen-bond donors (Lipinski definition) is 1. The van der Waals surface area contributed by atoms with Crippen molar-refractivity contribution in [3.63, 3.8) is 0 Å². The Kier molecular flexibility index (Phi) is 6.39. The summed E-state index contributed by atoms with van der Waals surface area (Å²) in [7, 11) is 1.66. The van der Waals surface area contributed by atoms with Gasteiger partial charge in [0, 0.05) is 36.3 Å². The SMILES string of the molecule is COCc1ccccc1CNC(=O)Cc1c(C)nn(-c2nc(C)cc(C)n2)c1C. The first kappa shape index (κ1) is 20.7. The van der Waals surface area contributed by atoms with E-state index in [1.165, 1.54) is 0 Å². The van der Waals surface area contributed by atoms with Gasteiger partial charge in [0.1, 0.15) is 0 Å². The van der Waals surface area contributed by atoms with Crippen LogP contribution in [0.5, 0.6) is 0 Å². The molecule has 0 saturated carbocycles. The van der Waals surface area contributed by atoms with Crippen LogP contribution in [0.1, 0.15) is 39.5 Å². The number of methoxy groups -OCH3 is 1. The Hall–Kier alpha value is -3.06. The minimum Gasteiger partial charge on any atom is -0.380 e. The molecule has 0 aliphatic carbocycles. The van der Waals surface area contributed by atoms with Gasteiger partial charge < -0.3 is 10.1 Å². The van der Waals surface area contributed by atoms with Crippen LogP contribution in [0.25, 0.3) is 5.95 Å². The molecule has 7 heteroatoms. The molecular formula is C22H27N5O2. The third kappa shape index (κ3) is 4.86. The number of hydrogen-bond acceptors (Lipinski definition) is 5. The Balaban J connectivity index is 1.74. The lowest BCUT2D eigenvalue weighted by Crippen LogP contribution is -2.25. The molecule has 0 aliphatic rings. The quantitative estimate of drug-likeness (QED) is 0.667. The zero-order valence-electron chi connectivity index (χ0n) is 17.6. The molecule has 152 valence electrons. The maximum atomic E-state index is 12.6. The number of benzene rings is 1. The highest BCUT2D eigenvalue weighted by Gasteiger charge is 2.17. The molecule has 7 nitrogen and oxygen atoms in total. The Morgan fingerprint density at radius 1 is 1.07 bits per heavy atom. The maximum absolute atomic E-state index is 12.6. The van der Waals surface area contributed by atoms with Crippen molar-refractivity contribution in [2.24, 2.45) is 0 Å². The third-order valence-electron chi connectivity index (χ3n) is 4.83. The smallest absolute Gasteiger partial charge is 0.251 e. The summed E-state index contributed by atoms with van der Waals surface area (Å²) in [4.78, 5) is 21.6. The molecule has 3 aromatic rings. The number of carbonyl (C=O) groups is 1. The first-order valence-electron chi connectivity index (χ1n) is 9.59. The molecule has 1 N–H and O–H groups in total. The van der Waals surface area contributed by atoms with Gasteiger partial charge in [-0.3, -0.25) is 4.79 Å². The van der Waals surface area contributed by atoms with Crippen molar-refractivity contribution in [1.82, 2.24) is 25.1 Å². The van der Waals surface area contributed by atoms with Gasteiger partial charge in [0.15, 0.2) is 0 Å². The number of aromatic nitrogens is 4. The lowest BCUT2D eigenvalue weighted by molar-refractivity contribution is -0.120. The summed E-state index contributed by atoms with van der Waals surface area (Å²) in [5, 5.41) is 7.57. The van der Waals surface area contributed by atoms with Crippen LogP contribution in [-0.4, -0.2) is 32.8 Å². The number of rotatable bonds is 7. The van der Waals surface area contributed by atoms with E-state index in [2.05, 4.69) is 20.4 Å². The Labute approximate surface area is 171 Å². The van der Waals surface area contributed by atoms with E-state index in [1.54, 1.807) is 11.8 Å². The van der Waals surface area contributed by atoms with E-state index in [0.29, 0.717) is 19.1 Å². The summed E-state index contributed by atoms with van der Waals surface area (Å²) in [6, 6.07) is 9.86. The molecule has 1 aromatic carbocycles. The molecule has 0 spiro atoms. The molecule has 0 fully saturated rings. The van der Waals surface area contributed by atoms with E-state index in [1.807, 2.05) is 58.0 Å². The fourth-order valence-electron chi connectivity index (χ4n) is 3.37. The number of ether oxygens (including phenoxy) is 1. The summed E-state index contributed by atoms with van der Waals surface area (Å²) >= 11 is 0. The monoisotopic (exact) mass is 393 g/mol. The van der Waals surface area contributed by atoms with Crippen LogP contribution in [-0.2, 0) is 29.1 Å². The molecule has 1 amide bonds. The normalized spacial score (nSPS) is 10.9. The number of amides is 1. The van der Waals surface area contributed by atoms with Crippen molar-refractivity contribution in [2.75, 3.05) is 7.11 Å². The predicted molar refractivity (Wildman–Crippen MR) is 111 cm³/mol. The number of nitrogens with one attached hydrogen (secondary N) is 1. The largest absolute Gasteiger partial charge is 0.380 e. The van der Waals surface area contributed by atoms with Crippen LogP contribution in [0.15, 0.2) is 30.3 Å². The molecule has 0 unspecified atom stereocenters. The second kappa shape index (κ2) is 8.96. The van der Waals surface area contributed by atoms with E-state index in [-0.39, 0.29) is 12.3 Å². The van der Waals surface area contributed by atoms with E-state index in [9.17, 15) is 4.79 Å². The van der Waals surface area contributed by atoms with Crippen molar-refractivity contribution in [3.05, 3.63) is 69.8 Å². The van der Waals surface area contributed by atoms with E-state index in [0.717, 1.165) is 39.5 Å². The van der Waals surface area contributed by atoms with Gasteiger partial charge in [-0.2, -0.15) is 5.10 Å². The van der Waals surface area contributed by atoms with Crippen LogP contribution in [0.2, 0.25) is 0 Å². The molecule has 0 radical (unpaired) electrons. The fraction of sp³-hybridized carbons (Fsp3) is 0.364. The zero-order valence-corrected chi connectivity index (χ0v) is 17.6. The first-order chi connectivity index (χ1) is 13.9. The Bertz CT molecular complexity index is 1010. The van der Waals surface area contributed by atoms with Gasteiger partial charge in [-0.1, -0.05) is 24.3 Å². The van der Waals surface area contributed by atoms with Crippen LogP contribution < -0.4 is 5.32 Å². The Morgan fingerprint density at radius 2 is 1.72 bits per heavy atom. The van der Waals surface area contributed by atoms with Crippen molar-refractivity contribution in [2.45, 2.75) is 47.3 Å². The summed E-state index contributed by atoms with van der Waals surface area (Å²) in [6.07, 6.45) is 0.259. The van der Waals surface area contributed by atoms with E-state index in [4.69, 9.17) is 4.74 Å². The number of carbonyl (C=O) groups excluding carboxylic acids is 1. The fourth-order valence-corrected chi connectivity index (χ4v) is 3.37. The number of aryl methyl sites for hydroxylation is 3. The Morgan fingerprint density at radius 3 is 2.38 bits per heavy atom. The summed E-state index contributed by atoms with van der Waals surface area (Å²) in [5.41, 5.74) is 6.47. The van der Waals surface area contributed by atoms with Crippen molar-refractivity contribution in [1.29, 1.82) is 0 Å². The highest BCUT2D eigenvalue weighted by atomic mass is 16.5. The molecule has 0 atom stereocenters. The van der Waals surface area contributed by atoms with E-state index >= 15 is 0 Å². The van der Waals surface area contributed by atoms with Gasteiger partial charge in [0.05, 0.1) is 18.7 Å². The minimum atomic E-state index is -0.0516. The average Bonchev–Trinajstić information content (AvgIpc) is 2.95. The van der Waals surface area contributed by atoms with Crippen molar-refractivity contribution < 1.29 is 9.53 Å².